The Hall–Kier alpha value is -3.19. The third-order valence-corrected chi connectivity index (χ3v) is 3.18. The van der Waals surface area contributed by atoms with Gasteiger partial charge in [-0.05, 0) is 24.3 Å². The van der Waals surface area contributed by atoms with Crippen molar-refractivity contribution in [2.45, 2.75) is 0 Å². The minimum Gasteiger partial charge on any atom is -0.298 e. The van der Waals surface area contributed by atoms with Crippen LogP contribution in [0.5, 0.6) is 0 Å². The van der Waals surface area contributed by atoms with Crippen molar-refractivity contribution in [1.29, 1.82) is 5.26 Å². The maximum atomic E-state index is 11.3. The van der Waals surface area contributed by atoms with E-state index in [1.165, 1.54) is 0 Å². The van der Waals surface area contributed by atoms with Crippen molar-refractivity contribution >= 4 is 6.29 Å². The van der Waals surface area contributed by atoms with E-state index in [1.807, 2.05) is 30.3 Å². The smallest absolute Gasteiger partial charge is 0.153 e. The minimum absolute atomic E-state index is 0.517. The molecule has 0 fully saturated rings. The van der Waals surface area contributed by atoms with E-state index in [4.69, 9.17) is 5.26 Å². The number of nitriles is 1. The molecule has 0 atom stereocenters. The molecule has 3 aromatic rings. The molecule has 2 aromatic carbocycles. The molecular formula is C17H11N3O. The van der Waals surface area contributed by atoms with Crippen LogP contribution in [0.2, 0.25) is 0 Å². The number of aldehydes is 1. The van der Waals surface area contributed by atoms with Gasteiger partial charge in [-0.3, -0.25) is 4.79 Å². The highest BCUT2D eigenvalue weighted by atomic mass is 16.1. The summed E-state index contributed by atoms with van der Waals surface area (Å²) in [5.74, 6) is 0. The molecule has 0 unspecified atom stereocenters. The molecule has 0 spiro atoms. The average Bonchev–Trinajstić information content (AvgIpc) is 3.00. The molecule has 4 heteroatoms. The molecule has 0 bridgehead atoms. The lowest BCUT2D eigenvalue weighted by Gasteiger charge is -2.00. The third-order valence-electron chi connectivity index (χ3n) is 3.18. The Kier molecular flexibility index (Phi) is 3.32. The summed E-state index contributed by atoms with van der Waals surface area (Å²) in [5, 5.41) is 13.3. The highest BCUT2D eigenvalue weighted by Crippen LogP contribution is 2.22. The summed E-state index contributed by atoms with van der Waals surface area (Å²) in [6.07, 6.45) is 2.50. The van der Waals surface area contributed by atoms with Crippen molar-refractivity contribution in [2.75, 3.05) is 0 Å². The fraction of sp³-hybridized carbons (Fsp3) is 0. The lowest BCUT2D eigenvalue weighted by Crippen LogP contribution is -1.94. The lowest BCUT2D eigenvalue weighted by atomic mass is 10.1. The van der Waals surface area contributed by atoms with Crippen LogP contribution < -0.4 is 0 Å². The van der Waals surface area contributed by atoms with E-state index in [0.717, 1.165) is 17.5 Å². The van der Waals surface area contributed by atoms with E-state index in [1.54, 1.807) is 35.1 Å². The Labute approximate surface area is 121 Å². The molecule has 0 aliphatic carbocycles. The summed E-state index contributed by atoms with van der Waals surface area (Å²) >= 11 is 0. The number of para-hydroxylation sites is 1. The van der Waals surface area contributed by atoms with Gasteiger partial charge in [-0.1, -0.05) is 30.3 Å². The summed E-state index contributed by atoms with van der Waals surface area (Å²) in [6, 6.07) is 18.7. The van der Waals surface area contributed by atoms with Gasteiger partial charge in [0, 0.05) is 11.8 Å². The van der Waals surface area contributed by atoms with E-state index < -0.39 is 0 Å². The molecule has 100 valence electrons. The first-order valence-electron chi connectivity index (χ1n) is 6.42. The zero-order valence-electron chi connectivity index (χ0n) is 11.1. The normalized spacial score (nSPS) is 10.0. The summed E-state index contributed by atoms with van der Waals surface area (Å²) < 4.78 is 1.68. The highest BCUT2D eigenvalue weighted by molar-refractivity contribution is 5.85. The maximum Gasteiger partial charge on any atom is 0.153 e. The van der Waals surface area contributed by atoms with Crippen molar-refractivity contribution in [3.8, 4) is 23.0 Å². The fourth-order valence-corrected chi connectivity index (χ4v) is 2.11. The molecule has 0 saturated carbocycles. The van der Waals surface area contributed by atoms with E-state index in [-0.39, 0.29) is 0 Å². The van der Waals surface area contributed by atoms with Crippen molar-refractivity contribution in [2.24, 2.45) is 0 Å². The predicted octanol–water partition coefficient (Wildman–Crippen LogP) is 3.22. The van der Waals surface area contributed by atoms with Crippen LogP contribution in [0, 0.1) is 11.3 Å². The minimum atomic E-state index is 0.517. The summed E-state index contributed by atoms with van der Waals surface area (Å²) in [7, 11) is 0. The molecule has 0 aliphatic heterocycles. The Bertz CT molecular complexity index is 811. The molecular weight excluding hydrogens is 262 g/mol. The van der Waals surface area contributed by atoms with E-state index in [2.05, 4.69) is 11.2 Å². The van der Waals surface area contributed by atoms with E-state index in [9.17, 15) is 4.79 Å². The van der Waals surface area contributed by atoms with Crippen LogP contribution in [0.4, 0.5) is 0 Å². The quantitative estimate of drug-likeness (QED) is 0.688. The van der Waals surface area contributed by atoms with E-state index >= 15 is 0 Å². The van der Waals surface area contributed by atoms with Crippen LogP contribution in [-0.4, -0.2) is 16.1 Å². The molecule has 4 nitrogen and oxygen atoms in total. The number of hydrogen-bond donors (Lipinski definition) is 0. The number of carbonyl (C=O) groups is 1. The molecule has 0 radical (unpaired) electrons. The van der Waals surface area contributed by atoms with Gasteiger partial charge >= 0.3 is 0 Å². The largest absolute Gasteiger partial charge is 0.298 e. The SMILES string of the molecule is N#Cc1ccc(-c2nn(-c3ccccc3)cc2C=O)cc1. The zero-order chi connectivity index (χ0) is 14.7. The van der Waals surface area contributed by atoms with E-state index in [0.29, 0.717) is 16.8 Å². The van der Waals surface area contributed by atoms with Gasteiger partial charge in [-0.15, -0.1) is 0 Å². The lowest BCUT2D eigenvalue weighted by molar-refractivity contribution is 0.112. The molecule has 0 N–H and O–H groups in total. The van der Waals surface area contributed by atoms with Gasteiger partial charge in [0.1, 0.15) is 5.69 Å². The molecule has 1 heterocycles. The number of carbonyl (C=O) groups excluding carboxylic acids is 1. The number of aromatic nitrogens is 2. The first-order valence-corrected chi connectivity index (χ1v) is 6.42. The second-order valence-electron chi connectivity index (χ2n) is 4.52. The van der Waals surface area contributed by atoms with Crippen molar-refractivity contribution in [3.63, 3.8) is 0 Å². The summed E-state index contributed by atoms with van der Waals surface area (Å²) in [4.78, 5) is 11.3. The van der Waals surface area contributed by atoms with Crippen molar-refractivity contribution < 1.29 is 4.79 Å². The number of rotatable bonds is 3. The number of nitrogens with zero attached hydrogens (tertiary/aromatic N) is 3. The first-order chi connectivity index (χ1) is 10.3. The van der Waals surface area contributed by atoms with Crippen LogP contribution in [0.1, 0.15) is 15.9 Å². The Morgan fingerprint density at radius 2 is 1.76 bits per heavy atom. The predicted molar refractivity (Wildman–Crippen MR) is 79.1 cm³/mol. The number of benzene rings is 2. The van der Waals surface area contributed by atoms with Gasteiger partial charge < -0.3 is 0 Å². The molecule has 0 amide bonds. The van der Waals surface area contributed by atoms with Crippen LogP contribution in [-0.2, 0) is 0 Å². The van der Waals surface area contributed by atoms with Gasteiger partial charge in [-0.25, -0.2) is 4.68 Å². The van der Waals surface area contributed by atoms with Crippen molar-refractivity contribution in [1.82, 2.24) is 9.78 Å². The zero-order valence-corrected chi connectivity index (χ0v) is 11.1. The standard InChI is InChI=1S/C17H11N3O/c18-10-13-6-8-14(9-7-13)17-15(12-21)11-20(19-17)16-4-2-1-3-5-16/h1-9,11-12H. The van der Waals surface area contributed by atoms with Crippen LogP contribution in [0.25, 0.3) is 16.9 Å². The molecule has 3 rings (SSSR count). The molecule has 0 aliphatic rings. The Morgan fingerprint density at radius 3 is 2.38 bits per heavy atom. The summed E-state index contributed by atoms with van der Waals surface area (Å²) in [5.41, 5.74) is 3.40. The van der Waals surface area contributed by atoms with Gasteiger partial charge in [-0.2, -0.15) is 10.4 Å². The van der Waals surface area contributed by atoms with Crippen LogP contribution >= 0.6 is 0 Å². The van der Waals surface area contributed by atoms with Gasteiger partial charge in [0.2, 0.25) is 0 Å². The number of hydrogen-bond acceptors (Lipinski definition) is 3. The second-order valence-corrected chi connectivity index (χ2v) is 4.52. The highest BCUT2D eigenvalue weighted by Gasteiger charge is 2.11. The molecule has 0 saturated heterocycles. The Balaban J connectivity index is 2.08. The Morgan fingerprint density at radius 1 is 1.05 bits per heavy atom. The van der Waals surface area contributed by atoms with Crippen LogP contribution in [0.15, 0.2) is 60.8 Å². The molecule has 1 aromatic heterocycles. The topological polar surface area (TPSA) is 58.7 Å². The van der Waals surface area contributed by atoms with Gasteiger partial charge in [0.05, 0.1) is 22.9 Å². The van der Waals surface area contributed by atoms with Gasteiger partial charge in [0.25, 0.3) is 0 Å². The summed E-state index contributed by atoms with van der Waals surface area (Å²) in [6.45, 7) is 0. The fourth-order valence-electron chi connectivity index (χ4n) is 2.11. The average molecular weight is 273 g/mol. The van der Waals surface area contributed by atoms with Crippen LogP contribution in [0.3, 0.4) is 0 Å². The molecule has 21 heavy (non-hydrogen) atoms. The first kappa shape index (κ1) is 12.8. The van der Waals surface area contributed by atoms with Gasteiger partial charge in [0.15, 0.2) is 6.29 Å². The maximum absolute atomic E-state index is 11.3. The monoisotopic (exact) mass is 273 g/mol. The second kappa shape index (κ2) is 5.43. The third kappa shape index (κ3) is 2.45. The van der Waals surface area contributed by atoms with Crippen molar-refractivity contribution in [3.05, 3.63) is 71.9 Å².